The normalized spacial score (nSPS) is 11.1. The summed E-state index contributed by atoms with van der Waals surface area (Å²) in [5.41, 5.74) is 3.51. The first-order valence-corrected chi connectivity index (χ1v) is 9.79. The lowest BCUT2D eigenvalue weighted by atomic mass is 10.0. The molecule has 4 rings (SSSR count). The van der Waals surface area contributed by atoms with E-state index in [2.05, 4.69) is 0 Å². The van der Waals surface area contributed by atoms with Crippen LogP contribution in [0.1, 0.15) is 16.1 Å². The molecule has 1 aromatic heterocycles. The fraction of sp³-hybridized carbons (Fsp3) is 0. The molecule has 0 aliphatic rings. The van der Waals surface area contributed by atoms with Gasteiger partial charge in [0.15, 0.2) is 5.78 Å². The number of ketones is 1. The molecule has 29 heavy (non-hydrogen) atoms. The van der Waals surface area contributed by atoms with Crippen LogP contribution in [0.4, 0.5) is 0 Å². The van der Waals surface area contributed by atoms with E-state index >= 15 is 0 Å². The van der Waals surface area contributed by atoms with Crippen LogP contribution in [0.5, 0.6) is 0 Å². The zero-order valence-electron chi connectivity index (χ0n) is 15.3. The largest absolute Gasteiger partial charge is 0.457 e. The molecule has 0 amide bonds. The van der Waals surface area contributed by atoms with Crippen molar-refractivity contribution in [3.05, 3.63) is 112 Å². The standard InChI is InChI=1S/C25H16Cl2O2/c26-22-8-4-7-21(25(22)27)24-16-14-20(29-24)13-15-23(28)19-11-9-18(10-12-19)17-5-2-1-3-6-17/h1-16H. The molecule has 0 aliphatic carbocycles. The van der Waals surface area contributed by atoms with Gasteiger partial charge < -0.3 is 4.42 Å². The highest BCUT2D eigenvalue weighted by atomic mass is 35.5. The lowest BCUT2D eigenvalue weighted by Crippen LogP contribution is -1.93. The first-order chi connectivity index (χ1) is 14.1. The molecule has 0 bridgehead atoms. The molecule has 0 radical (unpaired) electrons. The van der Waals surface area contributed by atoms with Crippen LogP contribution in [0.3, 0.4) is 0 Å². The maximum Gasteiger partial charge on any atom is 0.185 e. The Kier molecular flexibility index (Phi) is 5.66. The summed E-state index contributed by atoms with van der Waals surface area (Å²) in [5, 5.41) is 0.903. The Bertz CT molecular complexity index is 1170. The Labute approximate surface area is 179 Å². The molecule has 0 saturated heterocycles. The first-order valence-electron chi connectivity index (χ1n) is 9.04. The number of rotatable bonds is 5. The average Bonchev–Trinajstić information content (AvgIpc) is 3.23. The first kappa shape index (κ1) is 19.3. The van der Waals surface area contributed by atoms with Crippen molar-refractivity contribution in [2.24, 2.45) is 0 Å². The van der Waals surface area contributed by atoms with E-state index in [0.29, 0.717) is 32.7 Å². The van der Waals surface area contributed by atoms with Crippen molar-refractivity contribution in [3.8, 4) is 22.5 Å². The third-order valence-electron chi connectivity index (χ3n) is 4.52. The summed E-state index contributed by atoms with van der Waals surface area (Å²) in [6, 6.07) is 26.5. The quantitative estimate of drug-likeness (QED) is 0.244. The minimum atomic E-state index is -0.0941. The lowest BCUT2D eigenvalue weighted by molar-refractivity contribution is 0.104. The SMILES string of the molecule is O=C(C=Cc1ccc(-c2cccc(Cl)c2Cl)o1)c1ccc(-c2ccccc2)cc1. The number of carbonyl (C=O) groups is 1. The van der Waals surface area contributed by atoms with Gasteiger partial charge in [-0.1, -0.05) is 83.9 Å². The zero-order valence-corrected chi connectivity index (χ0v) is 16.8. The minimum absolute atomic E-state index is 0.0941. The summed E-state index contributed by atoms with van der Waals surface area (Å²) in [5.74, 6) is 1.06. The van der Waals surface area contributed by atoms with Gasteiger partial charge in [-0.3, -0.25) is 4.79 Å². The predicted molar refractivity (Wildman–Crippen MR) is 119 cm³/mol. The predicted octanol–water partition coefficient (Wildman–Crippen LogP) is 7.82. The molecule has 4 aromatic rings. The van der Waals surface area contributed by atoms with Crippen LogP contribution in [0.2, 0.25) is 10.0 Å². The van der Waals surface area contributed by atoms with E-state index in [-0.39, 0.29) is 5.78 Å². The number of benzene rings is 3. The minimum Gasteiger partial charge on any atom is -0.457 e. The van der Waals surface area contributed by atoms with Crippen LogP contribution in [0, 0.1) is 0 Å². The fourth-order valence-corrected chi connectivity index (χ4v) is 3.39. The number of furan rings is 1. The average molecular weight is 419 g/mol. The van der Waals surface area contributed by atoms with E-state index in [9.17, 15) is 4.79 Å². The van der Waals surface area contributed by atoms with Crippen molar-refractivity contribution in [1.82, 2.24) is 0 Å². The van der Waals surface area contributed by atoms with E-state index in [1.165, 1.54) is 6.08 Å². The molecular formula is C25H16Cl2O2. The molecule has 142 valence electrons. The molecular weight excluding hydrogens is 403 g/mol. The summed E-state index contributed by atoms with van der Waals surface area (Å²) >= 11 is 12.3. The fourth-order valence-electron chi connectivity index (χ4n) is 2.99. The molecule has 3 aromatic carbocycles. The van der Waals surface area contributed by atoms with Gasteiger partial charge in [0.25, 0.3) is 0 Å². The summed E-state index contributed by atoms with van der Waals surface area (Å²) in [6.45, 7) is 0. The summed E-state index contributed by atoms with van der Waals surface area (Å²) in [7, 11) is 0. The van der Waals surface area contributed by atoms with E-state index < -0.39 is 0 Å². The third-order valence-corrected chi connectivity index (χ3v) is 5.34. The van der Waals surface area contributed by atoms with Gasteiger partial charge in [0.2, 0.25) is 0 Å². The molecule has 1 heterocycles. The summed E-state index contributed by atoms with van der Waals surface area (Å²) in [4.78, 5) is 12.5. The number of hydrogen-bond donors (Lipinski definition) is 0. The third kappa shape index (κ3) is 4.34. The van der Waals surface area contributed by atoms with Crippen LogP contribution in [0.25, 0.3) is 28.5 Å². The van der Waals surface area contributed by atoms with Gasteiger partial charge >= 0.3 is 0 Å². The number of allylic oxidation sites excluding steroid dienone is 1. The van der Waals surface area contributed by atoms with E-state index in [0.717, 1.165) is 11.1 Å². The van der Waals surface area contributed by atoms with Crippen molar-refractivity contribution >= 4 is 35.1 Å². The van der Waals surface area contributed by atoms with Gasteiger partial charge in [0.05, 0.1) is 10.0 Å². The maximum absolute atomic E-state index is 12.5. The van der Waals surface area contributed by atoms with Gasteiger partial charge in [-0.2, -0.15) is 0 Å². The molecule has 2 nitrogen and oxygen atoms in total. The Hall–Kier alpha value is -3.07. The van der Waals surface area contributed by atoms with Gasteiger partial charge in [-0.15, -0.1) is 0 Å². The smallest absolute Gasteiger partial charge is 0.185 e. The topological polar surface area (TPSA) is 30.2 Å². The number of halogens is 2. The van der Waals surface area contributed by atoms with Crippen molar-refractivity contribution in [3.63, 3.8) is 0 Å². The second kappa shape index (κ2) is 8.52. The van der Waals surface area contributed by atoms with E-state index in [1.807, 2.05) is 66.7 Å². The second-order valence-corrected chi connectivity index (χ2v) is 7.23. The van der Waals surface area contributed by atoms with Crippen molar-refractivity contribution in [2.45, 2.75) is 0 Å². The van der Waals surface area contributed by atoms with Crippen LogP contribution in [-0.2, 0) is 0 Å². The van der Waals surface area contributed by atoms with Gasteiger partial charge in [-0.05, 0) is 47.5 Å². The lowest BCUT2D eigenvalue weighted by Gasteiger charge is -2.02. The van der Waals surface area contributed by atoms with Crippen molar-refractivity contribution < 1.29 is 9.21 Å². The number of hydrogen-bond acceptors (Lipinski definition) is 2. The molecule has 0 aliphatic heterocycles. The van der Waals surface area contributed by atoms with Gasteiger partial charge in [0, 0.05) is 11.1 Å². The molecule has 0 N–H and O–H groups in total. The summed E-state index contributed by atoms with van der Waals surface area (Å²) in [6.07, 6.45) is 3.15. The van der Waals surface area contributed by atoms with Crippen LogP contribution < -0.4 is 0 Å². The van der Waals surface area contributed by atoms with Crippen LogP contribution in [0.15, 0.2) is 95.4 Å². The van der Waals surface area contributed by atoms with Gasteiger partial charge in [0.1, 0.15) is 11.5 Å². The van der Waals surface area contributed by atoms with E-state index in [4.69, 9.17) is 27.6 Å². The zero-order chi connectivity index (χ0) is 20.2. The summed E-state index contributed by atoms with van der Waals surface area (Å²) < 4.78 is 5.79. The Balaban J connectivity index is 1.49. The Morgan fingerprint density at radius 1 is 0.759 bits per heavy atom. The van der Waals surface area contributed by atoms with Gasteiger partial charge in [-0.25, -0.2) is 0 Å². The molecule has 0 unspecified atom stereocenters. The van der Waals surface area contributed by atoms with Crippen molar-refractivity contribution in [2.75, 3.05) is 0 Å². The maximum atomic E-state index is 12.5. The Morgan fingerprint density at radius 3 is 2.24 bits per heavy atom. The van der Waals surface area contributed by atoms with E-state index in [1.54, 1.807) is 24.3 Å². The van der Waals surface area contributed by atoms with Crippen LogP contribution in [-0.4, -0.2) is 5.78 Å². The van der Waals surface area contributed by atoms with Crippen molar-refractivity contribution in [1.29, 1.82) is 0 Å². The second-order valence-electron chi connectivity index (χ2n) is 6.44. The highest BCUT2D eigenvalue weighted by Crippen LogP contribution is 2.34. The molecule has 0 saturated carbocycles. The molecule has 0 spiro atoms. The molecule has 4 heteroatoms. The van der Waals surface area contributed by atoms with Crippen LogP contribution >= 0.6 is 23.2 Å². The Morgan fingerprint density at radius 2 is 1.48 bits per heavy atom. The highest BCUT2D eigenvalue weighted by molar-refractivity contribution is 6.43. The monoisotopic (exact) mass is 418 g/mol. The molecule has 0 fully saturated rings. The molecule has 0 atom stereocenters. The number of carbonyl (C=O) groups excluding carboxylic acids is 1. The highest BCUT2D eigenvalue weighted by Gasteiger charge is 2.10.